The van der Waals surface area contributed by atoms with Gasteiger partial charge in [-0.05, 0) is 57.8 Å². The summed E-state index contributed by atoms with van der Waals surface area (Å²) in [6, 6.07) is 4.36. The summed E-state index contributed by atoms with van der Waals surface area (Å²) in [5.74, 6) is 0.215. The van der Waals surface area contributed by atoms with Crippen LogP contribution in [-0.4, -0.2) is 61.1 Å². The molecule has 3 heterocycles. The predicted molar refractivity (Wildman–Crippen MR) is 94.2 cm³/mol. The van der Waals surface area contributed by atoms with Gasteiger partial charge in [0.1, 0.15) is 0 Å². The number of rotatable bonds is 5. The number of hydrogen-bond acceptors (Lipinski definition) is 4. The van der Waals surface area contributed by atoms with E-state index in [0.29, 0.717) is 6.04 Å². The van der Waals surface area contributed by atoms with Crippen molar-refractivity contribution >= 4 is 17.2 Å². The second kappa shape index (κ2) is 8.27. The first-order chi connectivity index (χ1) is 11.2. The molecule has 4 nitrogen and oxygen atoms in total. The Hall–Kier alpha value is -0.910. The average molecular weight is 337 g/mol. The van der Waals surface area contributed by atoms with E-state index in [9.17, 15) is 4.79 Å². The van der Waals surface area contributed by atoms with Gasteiger partial charge in [-0.2, -0.15) is 0 Å². The van der Waals surface area contributed by atoms with Gasteiger partial charge in [-0.15, -0.1) is 11.3 Å². The maximum atomic E-state index is 13.0. The number of thiophene rings is 1. The second-order valence-electron chi connectivity index (χ2n) is 6.65. The predicted octanol–water partition coefficient (Wildman–Crippen LogP) is 3.16. The Bertz CT molecular complexity index is 505. The van der Waals surface area contributed by atoms with Crippen LogP contribution in [0.5, 0.6) is 0 Å². The van der Waals surface area contributed by atoms with E-state index in [2.05, 4.69) is 16.7 Å². The number of carbonyl (C=O) groups is 1. The molecule has 0 bridgehead atoms. The second-order valence-corrected chi connectivity index (χ2v) is 7.94. The molecular formula is C18H28N2O2S. The normalized spacial score (nSPS) is 20.6. The van der Waals surface area contributed by atoms with Crippen LogP contribution in [0, 0.1) is 6.92 Å². The maximum absolute atomic E-state index is 13.0. The fourth-order valence-electron chi connectivity index (χ4n) is 3.57. The highest BCUT2D eigenvalue weighted by Crippen LogP contribution is 2.22. The van der Waals surface area contributed by atoms with E-state index in [4.69, 9.17) is 4.74 Å². The minimum atomic E-state index is 0.215. The van der Waals surface area contributed by atoms with Crippen LogP contribution in [0.1, 0.15) is 46.7 Å². The summed E-state index contributed by atoms with van der Waals surface area (Å²) in [6.45, 7) is 7.85. The van der Waals surface area contributed by atoms with Crippen molar-refractivity contribution in [2.75, 3.05) is 39.4 Å². The molecule has 1 aromatic rings. The molecule has 0 aliphatic carbocycles. The number of nitrogens with zero attached hydrogens (tertiary/aromatic N) is 2. The topological polar surface area (TPSA) is 32.8 Å². The van der Waals surface area contributed by atoms with Crippen LogP contribution in [-0.2, 0) is 4.74 Å². The van der Waals surface area contributed by atoms with Gasteiger partial charge in [0.25, 0.3) is 5.91 Å². The molecular weight excluding hydrogens is 308 g/mol. The van der Waals surface area contributed by atoms with Crippen molar-refractivity contribution in [1.82, 2.24) is 9.80 Å². The standard InChI is InChI=1S/C18H28N2O2S/c1-15-5-6-17(23-15)18(21)20(16-7-13-22-14-8-16)12-11-19-9-3-2-4-10-19/h5-6,16H,2-4,7-14H2,1H3. The van der Waals surface area contributed by atoms with Gasteiger partial charge in [-0.3, -0.25) is 4.79 Å². The molecule has 2 aliphatic heterocycles. The van der Waals surface area contributed by atoms with Crippen molar-refractivity contribution < 1.29 is 9.53 Å². The van der Waals surface area contributed by atoms with Gasteiger partial charge in [0.15, 0.2) is 0 Å². The third kappa shape index (κ3) is 4.55. The van der Waals surface area contributed by atoms with Crippen LogP contribution in [0.15, 0.2) is 12.1 Å². The van der Waals surface area contributed by atoms with E-state index in [1.807, 2.05) is 12.1 Å². The van der Waals surface area contributed by atoms with Crippen molar-refractivity contribution in [3.63, 3.8) is 0 Å². The van der Waals surface area contributed by atoms with E-state index in [1.165, 1.54) is 37.2 Å². The molecule has 23 heavy (non-hydrogen) atoms. The largest absolute Gasteiger partial charge is 0.381 e. The van der Waals surface area contributed by atoms with Gasteiger partial charge in [0.05, 0.1) is 4.88 Å². The van der Waals surface area contributed by atoms with Crippen molar-refractivity contribution in [1.29, 1.82) is 0 Å². The zero-order valence-corrected chi connectivity index (χ0v) is 14.9. The quantitative estimate of drug-likeness (QED) is 0.828. The fourth-order valence-corrected chi connectivity index (χ4v) is 4.39. The Balaban J connectivity index is 1.66. The lowest BCUT2D eigenvalue weighted by Crippen LogP contribution is -2.47. The third-order valence-corrected chi connectivity index (χ3v) is 5.94. The molecule has 0 N–H and O–H groups in total. The molecule has 2 aliphatic rings. The van der Waals surface area contributed by atoms with Crippen LogP contribution < -0.4 is 0 Å². The molecule has 5 heteroatoms. The molecule has 2 saturated heterocycles. The van der Waals surface area contributed by atoms with Crippen LogP contribution in [0.25, 0.3) is 0 Å². The van der Waals surface area contributed by atoms with Crippen LogP contribution in [0.2, 0.25) is 0 Å². The number of ether oxygens (including phenoxy) is 1. The Morgan fingerprint density at radius 3 is 2.65 bits per heavy atom. The van der Waals surface area contributed by atoms with E-state index in [-0.39, 0.29) is 5.91 Å². The summed E-state index contributed by atoms with van der Waals surface area (Å²) in [5, 5.41) is 0. The summed E-state index contributed by atoms with van der Waals surface area (Å²) in [4.78, 5) is 19.7. The first-order valence-corrected chi connectivity index (χ1v) is 9.73. The maximum Gasteiger partial charge on any atom is 0.264 e. The Morgan fingerprint density at radius 2 is 2.00 bits per heavy atom. The minimum absolute atomic E-state index is 0.215. The average Bonchev–Trinajstić information content (AvgIpc) is 3.03. The third-order valence-electron chi connectivity index (χ3n) is 4.95. The number of aryl methyl sites for hydroxylation is 1. The van der Waals surface area contributed by atoms with Gasteiger partial charge >= 0.3 is 0 Å². The summed E-state index contributed by atoms with van der Waals surface area (Å²) in [5.41, 5.74) is 0. The number of piperidine rings is 1. The molecule has 0 radical (unpaired) electrons. The molecule has 1 amide bonds. The van der Waals surface area contributed by atoms with E-state index in [0.717, 1.165) is 44.0 Å². The monoisotopic (exact) mass is 336 g/mol. The van der Waals surface area contributed by atoms with Crippen LogP contribution in [0.4, 0.5) is 0 Å². The van der Waals surface area contributed by atoms with Crippen LogP contribution >= 0.6 is 11.3 Å². The fraction of sp³-hybridized carbons (Fsp3) is 0.722. The van der Waals surface area contributed by atoms with Crippen molar-refractivity contribution in [2.24, 2.45) is 0 Å². The summed E-state index contributed by atoms with van der Waals surface area (Å²) >= 11 is 1.61. The van der Waals surface area contributed by atoms with E-state index >= 15 is 0 Å². The molecule has 0 spiro atoms. The summed E-state index contributed by atoms with van der Waals surface area (Å²) in [7, 11) is 0. The first kappa shape index (κ1) is 16.9. The molecule has 2 fully saturated rings. The van der Waals surface area contributed by atoms with Gasteiger partial charge < -0.3 is 14.5 Å². The molecule has 0 atom stereocenters. The molecule has 0 unspecified atom stereocenters. The molecule has 0 aromatic carbocycles. The number of likely N-dealkylation sites (tertiary alicyclic amines) is 1. The first-order valence-electron chi connectivity index (χ1n) is 8.91. The molecule has 128 valence electrons. The summed E-state index contributed by atoms with van der Waals surface area (Å²) < 4.78 is 5.49. The lowest BCUT2D eigenvalue weighted by molar-refractivity contribution is 0.0261. The van der Waals surface area contributed by atoms with Gasteiger partial charge in [-0.25, -0.2) is 0 Å². The van der Waals surface area contributed by atoms with Gasteiger partial charge in [0, 0.05) is 37.2 Å². The summed E-state index contributed by atoms with van der Waals surface area (Å²) in [6.07, 6.45) is 5.89. The lowest BCUT2D eigenvalue weighted by Gasteiger charge is -2.36. The van der Waals surface area contributed by atoms with E-state index in [1.54, 1.807) is 11.3 Å². The van der Waals surface area contributed by atoms with Crippen molar-refractivity contribution in [2.45, 2.75) is 45.1 Å². The Kier molecular flexibility index (Phi) is 6.08. The van der Waals surface area contributed by atoms with Crippen molar-refractivity contribution in [3.05, 3.63) is 21.9 Å². The Morgan fingerprint density at radius 1 is 1.26 bits per heavy atom. The minimum Gasteiger partial charge on any atom is -0.381 e. The number of hydrogen-bond donors (Lipinski definition) is 0. The lowest BCUT2D eigenvalue weighted by atomic mass is 10.1. The molecule has 1 aromatic heterocycles. The highest BCUT2D eigenvalue weighted by atomic mass is 32.1. The van der Waals surface area contributed by atoms with Crippen molar-refractivity contribution in [3.8, 4) is 0 Å². The number of carbonyl (C=O) groups excluding carboxylic acids is 1. The Labute approximate surface area is 143 Å². The van der Waals surface area contributed by atoms with E-state index < -0.39 is 0 Å². The zero-order chi connectivity index (χ0) is 16.1. The van der Waals surface area contributed by atoms with Crippen LogP contribution in [0.3, 0.4) is 0 Å². The highest BCUT2D eigenvalue weighted by Gasteiger charge is 2.27. The SMILES string of the molecule is Cc1ccc(C(=O)N(CCN2CCCCC2)C2CCOCC2)s1. The molecule has 0 saturated carbocycles. The van der Waals surface area contributed by atoms with Gasteiger partial charge in [0.2, 0.25) is 0 Å². The molecule has 3 rings (SSSR count). The highest BCUT2D eigenvalue weighted by molar-refractivity contribution is 7.13. The smallest absolute Gasteiger partial charge is 0.264 e. The zero-order valence-electron chi connectivity index (χ0n) is 14.1. The number of amides is 1. The van der Waals surface area contributed by atoms with Gasteiger partial charge in [-0.1, -0.05) is 6.42 Å².